The summed E-state index contributed by atoms with van der Waals surface area (Å²) in [5.74, 6) is -0.231. The summed E-state index contributed by atoms with van der Waals surface area (Å²) in [4.78, 5) is 10.6. The van der Waals surface area contributed by atoms with E-state index in [1.54, 1.807) is 0 Å². The molecule has 1 aliphatic rings. The van der Waals surface area contributed by atoms with Crippen LogP contribution in [0.3, 0.4) is 0 Å². The lowest BCUT2D eigenvalue weighted by Gasteiger charge is -2.13. The van der Waals surface area contributed by atoms with E-state index in [0.717, 1.165) is 30.8 Å². The van der Waals surface area contributed by atoms with Gasteiger partial charge in [0.1, 0.15) is 0 Å². The van der Waals surface area contributed by atoms with Crippen molar-refractivity contribution in [2.24, 2.45) is 5.73 Å². The van der Waals surface area contributed by atoms with Gasteiger partial charge in [0.15, 0.2) is 0 Å². The highest BCUT2D eigenvalue weighted by Crippen LogP contribution is 2.32. The first-order valence-corrected chi connectivity index (χ1v) is 6.34. The van der Waals surface area contributed by atoms with Crippen LogP contribution in [0.4, 0.5) is 0 Å². The van der Waals surface area contributed by atoms with Gasteiger partial charge in [-0.05, 0) is 49.1 Å². The van der Waals surface area contributed by atoms with E-state index < -0.39 is 0 Å². The Morgan fingerprint density at radius 3 is 3.12 bits per heavy atom. The van der Waals surface area contributed by atoms with Gasteiger partial charge in [-0.3, -0.25) is 4.79 Å². The highest BCUT2D eigenvalue weighted by Gasteiger charge is 2.21. The molecule has 0 heterocycles. The number of carbonyl (C=O) groups is 1. The quantitative estimate of drug-likeness (QED) is 0.790. The van der Waals surface area contributed by atoms with E-state index in [4.69, 9.17) is 17.3 Å². The third-order valence-electron chi connectivity index (χ3n) is 3.17. The topological polar surface area (TPSA) is 55.1 Å². The Labute approximate surface area is 106 Å². The van der Waals surface area contributed by atoms with Gasteiger partial charge in [-0.1, -0.05) is 17.7 Å². The molecule has 0 aromatic heterocycles. The molecule has 4 heteroatoms. The number of carbonyl (C=O) groups excluding carboxylic acids is 1. The van der Waals surface area contributed by atoms with Crippen LogP contribution in [0, 0.1) is 0 Å². The number of halogens is 1. The van der Waals surface area contributed by atoms with Crippen molar-refractivity contribution in [3.05, 3.63) is 34.3 Å². The van der Waals surface area contributed by atoms with Crippen molar-refractivity contribution >= 4 is 17.5 Å². The first kappa shape index (κ1) is 12.4. The molecular formula is C13H17ClN2O. The molecule has 1 aliphatic carbocycles. The summed E-state index contributed by atoms with van der Waals surface area (Å²) >= 11 is 5.96. The monoisotopic (exact) mass is 252 g/mol. The normalized spacial score (nSPS) is 18.1. The van der Waals surface area contributed by atoms with Crippen LogP contribution < -0.4 is 11.1 Å². The maximum Gasteiger partial charge on any atom is 0.217 e. The van der Waals surface area contributed by atoms with Crippen molar-refractivity contribution in [2.75, 3.05) is 6.54 Å². The second-order valence-electron chi connectivity index (χ2n) is 4.46. The van der Waals surface area contributed by atoms with Gasteiger partial charge in [-0.25, -0.2) is 0 Å². The molecule has 3 nitrogen and oxygen atoms in total. The van der Waals surface area contributed by atoms with Crippen molar-refractivity contribution in [3.63, 3.8) is 0 Å². The number of nitrogens with one attached hydrogen (secondary N) is 1. The summed E-state index contributed by atoms with van der Waals surface area (Å²) in [6, 6.07) is 6.47. The van der Waals surface area contributed by atoms with Crippen LogP contribution in [0.25, 0.3) is 0 Å². The Kier molecular flexibility index (Phi) is 4.02. The van der Waals surface area contributed by atoms with Crippen LogP contribution in [0.2, 0.25) is 5.02 Å². The molecule has 1 aromatic carbocycles. The van der Waals surface area contributed by atoms with E-state index in [9.17, 15) is 4.79 Å². The fourth-order valence-electron chi connectivity index (χ4n) is 2.34. The second-order valence-corrected chi connectivity index (χ2v) is 4.89. The number of hydrogen-bond acceptors (Lipinski definition) is 2. The number of rotatable bonds is 5. The maximum absolute atomic E-state index is 10.6. The number of hydrogen-bond donors (Lipinski definition) is 2. The largest absolute Gasteiger partial charge is 0.370 e. The molecule has 2 rings (SSSR count). The van der Waals surface area contributed by atoms with E-state index in [0.29, 0.717) is 12.5 Å². The van der Waals surface area contributed by atoms with Gasteiger partial charge in [0.05, 0.1) is 0 Å². The second kappa shape index (κ2) is 5.52. The van der Waals surface area contributed by atoms with Crippen LogP contribution in [-0.4, -0.2) is 12.5 Å². The van der Waals surface area contributed by atoms with Crippen molar-refractivity contribution in [2.45, 2.75) is 31.7 Å². The predicted octanol–water partition coefficient (Wildman–Crippen LogP) is 2.18. The standard InChI is InChI=1S/C13H17ClN2O/c14-10-4-5-11-9(8-10)3-6-12(11)16-7-1-2-13(15)17/h4-5,8,12,16H,1-3,6-7H2,(H2,15,17). The highest BCUT2D eigenvalue weighted by atomic mass is 35.5. The highest BCUT2D eigenvalue weighted by molar-refractivity contribution is 6.30. The van der Waals surface area contributed by atoms with Crippen LogP contribution in [0.1, 0.15) is 36.4 Å². The Morgan fingerprint density at radius 2 is 2.35 bits per heavy atom. The van der Waals surface area contributed by atoms with Gasteiger partial charge in [0, 0.05) is 17.5 Å². The third kappa shape index (κ3) is 3.20. The van der Waals surface area contributed by atoms with Crippen LogP contribution in [0.15, 0.2) is 18.2 Å². The molecule has 0 saturated heterocycles. The summed E-state index contributed by atoms with van der Waals surface area (Å²) < 4.78 is 0. The zero-order chi connectivity index (χ0) is 12.3. The number of primary amides is 1. The maximum atomic E-state index is 10.6. The molecule has 3 N–H and O–H groups in total. The van der Waals surface area contributed by atoms with E-state index in [2.05, 4.69) is 11.4 Å². The fourth-order valence-corrected chi connectivity index (χ4v) is 2.53. The average molecular weight is 253 g/mol. The molecule has 1 unspecified atom stereocenters. The molecule has 92 valence electrons. The summed E-state index contributed by atoms with van der Waals surface area (Å²) in [5, 5.41) is 4.27. The smallest absolute Gasteiger partial charge is 0.217 e. The molecule has 1 aromatic rings. The Bertz CT molecular complexity index is 420. The molecule has 0 aliphatic heterocycles. The zero-order valence-electron chi connectivity index (χ0n) is 9.71. The van der Waals surface area contributed by atoms with Gasteiger partial charge < -0.3 is 11.1 Å². The SMILES string of the molecule is NC(=O)CCCNC1CCc2cc(Cl)ccc21. The van der Waals surface area contributed by atoms with Gasteiger partial charge in [0.25, 0.3) is 0 Å². The predicted molar refractivity (Wildman–Crippen MR) is 68.9 cm³/mol. The Balaban J connectivity index is 1.87. The van der Waals surface area contributed by atoms with E-state index in [1.807, 2.05) is 12.1 Å². The molecule has 0 spiro atoms. The number of fused-ring (bicyclic) bond motifs is 1. The molecular weight excluding hydrogens is 236 g/mol. The minimum atomic E-state index is -0.231. The fraction of sp³-hybridized carbons (Fsp3) is 0.462. The first-order chi connectivity index (χ1) is 8.16. The van der Waals surface area contributed by atoms with Gasteiger partial charge in [0.2, 0.25) is 5.91 Å². The Morgan fingerprint density at radius 1 is 1.53 bits per heavy atom. The van der Waals surface area contributed by atoms with Crippen LogP contribution in [0.5, 0.6) is 0 Å². The van der Waals surface area contributed by atoms with Gasteiger partial charge >= 0.3 is 0 Å². The lowest BCUT2D eigenvalue weighted by Crippen LogP contribution is -2.22. The third-order valence-corrected chi connectivity index (χ3v) is 3.41. The first-order valence-electron chi connectivity index (χ1n) is 5.97. The van der Waals surface area contributed by atoms with Crippen molar-refractivity contribution < 1.29 is 4.79 Å². The lowest BCUT2D eigenvalue weighted by atomic mass is 10.1. The minimum absolute atomic E-state index is 0.231. The average Bonchev–Trinajstić information content (AvgIpc) is 2.66. The van der Waals surface area contributed by atoms with Crippen molar-refractivity contribution in [1.82, 2.24) is 5.32 Å². The van der Waals surface area contributed by atoms with E-state index >= 15 is 0 Å². The summed E-state index contributed by atoms with van der Waals surface area (Å²) in [7, 11) is 0. The summed E-state index contributed by atoms with van der Waals surface area (Å²) in [5.41, 5.74) is 7.78. The number of nitrogens with two attached hydrogens (primary N) is 1. The van der Waals surface area contributed by atoms with Crippen LogP contribution >= 0.6 is 11.6 Å². The molecule has 0 saturated carbocycles. The number of amides is 1. The van der Waals surface area contributed by atoms with Gasteiger partial charge in [-0.2, -0.15) is 0 Å². The summed E-state index contributed by atoms with van der Waals surface area (Å²) in [6.07, 6.45) is 3.43. The van der Waals surface area contributed by atoms with E-state index in [-0.39, 0.29) is 5.91 Å². The van der Waals surface area contributed by atoms with Crippen LogP contribution in [-0.2, 0) is 11.2 Å². The molecule has 0 bridgehead atoms. The zero-order valence-corrected chi connectivity index (χ0v) is 10.5. The minimum Gasteiger partial charge on any atom is -0.370 e. The number of benzene rings is 1. The molecule has 17 heavy (non-hydrogen) atoms. The molecule has 1 atom stereocenters. The van der Waals surface area contributed by atoms with Crippen molar-refractivity contribution in [3.8, 4) is 0 Å². The summed E-state index contributed by atoms with van der Waals surface area (Å²) in [6.45, 7) is 0.829. The lowest BCUT2D eigenvalue weighted by molar-refractivity contribution is -0.118. The molecule has 0 fully saturated rings. The Hall–Kier alpha value is -1.06. The van der Waals surface area contributed by atoms with E-state index in [1.165, 1.54) is 11.1 Å². The molecule has 0 radical (unpaired) electrons. The number of aryl methyl sites for hydroxylation is 1. The molecule has 1 amide bonds. The van der Waals surface area contributed by atoms with Crippen molar-refractivity contribution in [1.29, 1.82) is 0 Å². The van der Waals surface area contributed by atoms with Gasteiger partial charge in [-0.15, -0.1) is 0 Å².